The van der Waals surface area contributed by atoms with Crippen molar-refractivity contribution in [1.29, 1.82) is 0 Å². The lowest BCUT2D eigenvalue weighted by Gasteiger charge is -2.14. The van der Waals surface area contributed by atoms with Crippen LogP contribution >= 0.6 is 11.3 Å². The highest BCUT2D eigenvalue weighted by atomic mass is 32.1. The number of carbonyl (C=O) groups is 1. The van der Waals surface area contributed by atoms with E-state index in [1.54, 1.807) is 6.07 Å². The Morgan fingerprint density at radius 3 is 2.50 bits per heavy atom. The van der Waals surface area contributed by atoms with E-state index in [1.165, 1.54) is 15.9 Å². The summed E-state index contributed by atoms with van der Waals surface area (Å²) in [5, 5.41) is 9.87. The molecule has 0 saturated carbocycles. The van der Waals surface area contributed by atoms with Gasteiger partial charge in [0.25, 0.3) is 5.56 Å². The Balaban J connectivity index is 3.00. The topological polar surface area (TPSA) is 59.3 Å². The van der Waals surface area contributed by atoms with Gasteiger partial charge >= 0.3 is 5.97 Å². The number of pyridine rings is 1. The SMILES string of the molecule is Cc1sc2cc(C(=O)O)n(C(C)C)c(=O)c2c1C. The minimum Gasteiger partial charge on any atom is -0.477 e. The van der Waals surface area contributed by atoms with Crippen molar-refractivity contribution >= 4 is 27.4 Å². The average molecular weight is 265 g/mol. The summed E-state index contributed by atoms with van der Waals surface area (Å²) in [6.07, 6.45) is 0. The molecule has 0 aromatic carbocycles. The van der Waals surface area contributed by atoms with Crippen molar-refractivity contribution in [3.63, 3.8) is 0 Å². The van der Waals surface area contributed by atoms with Gasteiger partial charge in [0.15, 0.2) is 0 Å². The molecule has 0 aliphatic heterocycles. The maximum atomic E-state index is 12.4. The summed E-state index contributed by atoms with van der Waals surface area (Å²) in [4.78, 5) is 24.7. The Morgan fingerprint density at radius 2 is 2.00 bits per heavy atom. The number of nitrogens with zero attached hydrogens (tertiary/aromatic N) is 1. The average Bonchev–Trinajstić information content (AvgIpc) is 2.54. The van der Waals surface area contributed by atoms with E-state index in [9.17, 15) is 14.7 Å². The fourth-order valence-electron chi connectivity index (χ4n) is 2.12. The number of aromatic carboxylic acids is 1. The zero-order valence-corrected chi connectivity index (χ0v) is 11.6. The van der Waals surface area contributed by atoms with Crippen molar-refractivity contribution in [1.82, 2.24) is 4.57 Å². The van der Waals surface area contributed by atoms with Crippen LogP contribution in [0.5, 0.6) is 0 Å². The van der Waals surface area contributed by atoms with Crippen LogP contribution in [-0.2, 0) is 0 Å². The van der Waals surface area contributed by atoms with Crippen LogP contribution in [0.25, 0.3) is 10.1 Å². The molecule has 2 rings (SSSR count). The number of fused-ring (bicyclic) bond motifs is 1. The van der Waals surface area contributed by atoms with Crippen molar-refractivity contribution < 1.29 is 9.90 Å². The Hall–Kier alpha value is -1.62. The summed E-state index contributed by atoms with van der Waals surface area (Å²) in [6.45, 7) is 7.47. The van der Waals surface area contributed by atoms with Gasteiger partial charge < -0.3 is 5.11 Å². The molecule has 0 spiro atoms. The Labute approximate surface area is 108 Å². The summed E-state index contributed by atoms with van der Waals surface area (Å²) in [6, 6.07) is 1.43. The second kappa shape index (κ2) is 4.24. The summed E-state index contributed by atoms with van der Waals surface area (Å²) in [5.41, 5.74) is 0.803. The van der Waals surface area contributed by atoms with Gasteiger partial charge in [0.05, 0.1) is 5.39 Å². The van der Waals surface area contributed by atoms with E-state index in [0.717, 1.165) is 15.1 Å². The molecule has 0 bridgehead atoms. The van der Waals surface area contributed by atoms with Gasteiger partial charge in [-0.05, 0) is 39.3 Å². The van der Waals surface area contributed by atoms with E-state index < -0.39 is 5.97 Å². The highest BCUT2D eigenvalue weighted by molar-refractivity contribution is 7.19. The molecule has 5 heteroatoms. The quantitative estimate of drug-likeness (QED) is 0.908. The first-order valence-electron chi connectivity index (χ1n) is 5.73. The molecule has 2 heterocycles. The largest absolute Gasteiger partial charge is 0.477 e. The minimum atomic E-state index is -1.06. The molecule has 0 unspecified atom stereocenters. The molecule has 0 amide bonds. The second-order valence-electron chi connectivity index (χ2n) is 4.63. The first-order valence-corrected chi connectivity index (χ1v) is 6.54. The molecule has 0 aliphatic rings. The van der Waals surface area contributed by atoms with Crippen LogP contribution in [0.1, 0.15) is 40.8 Å². The standard InChI is InChI=1S/C13H15NO3S/c1-6(2)14-9(13(16)17)5-10-11(12(14)15)7(3)8(4)18-10/h5-6H,1-4H3,(H,16,17). The smallest absolute Gasteiger partial charge is 0.352 e. The molecule has 0 atom stereocenters. The third-order valence-electron chi connectivity index (χ3n) is 3.11. The number of aryl methyl sites for hydroxylation is 2. The van der Waals surface area contributed by atoms with Crippen LogP contribution in [0.4, 0.5) is 0 Å². The number of thiophene rings is 1. The molecular weight excluding hydrogens is 250 g/mol. The highest BCUT2D eigenvalue weighted by Crippen LogP contribution is 2.29. The molecule has 96 valence electrons. The first kappa shape index (κ1) is 12.8. The molecule has 0 fully saturated rings. The first-order chi connectivity index (χ1) is 8.34. The van der Waals surface area contributed by atoms with E-state index >= 15 is 0 Å². The van der Waals surface area contributed by atoms with E-state index in [0.29, 0.717) is 5.39 Å². The van der Waals surface area contributed by atoms with Gasteiger partial charge in [-0.3, -0.25) is 9.36 Å². The molecule has 0 radical (unpaired) electrons. The van der Waals surface area contributed by atoms with Crippen molar-refractivity contribution in [2.75, 3.05) is 0 Å². The number of rotatable bonds is 2. The summed E-state index contributed by atoms with van der Waals surface area (Å²) in [7, 11) is 0. The molecule has 4 nitrogen and oxygen atoms in total. The minimum absolute atomic E-state index is 0.0590. The van der Waals surface area contributed by atoms with Gasteiger partial charge in [-0.1, -0.05) is 0 Å². The summed E-state index contributed by atoms with van der Waals surface area (Å²) in [5.74, 6) is -1.06. The lowest BCUT2D eigenvalue weighted by molar-refractivity contribution is 0.0682. The number of carboxylic acid groups (broad SMARTS) is 1. The molecular formula is C13H15NO3S. The Bertz CT molecular complexity index is 694. The van der Waals surface area contributed by atoms with Gasteiger partial charge in [0.1, 0.15) is 5.69 Å². The maximum absolute atomic E-state index is 12.4. The summed E-state index contributed by atoms with van der Waals surface area (Å²) < 4.78 is 2.10. The number of aromatic nitrogens is 1. The second-order valence-corrected chi connectivity index (χ2v) is 5.88. The van der Waals surface area contributed by atoms with Crippen LogP contribution in [0, 0.1) is 13.8 Å². The van der Waals surface area contributed by atoms with E-state index in [1.807, 2.05) is 27.7 Å². The molecule has 18 heavy (non-hydrogen) atoms. The molecule has 2 aromatic rings. The molecule has 0 aliphatic carbocycles. The van der Waals surface area contributed by atoms with Crippen LogP contribution in [0.2, 0.25) is 0 Å². The van der Waals surface area contributed by atoms with Gasteiger partial charge in [-0.2, -0.15) is 0 Å². The molecule has 0 saturated heterocycles. The number of carboxylic acids is 1. The van der Waals surface area contributed by atoms with Gasteiger partial charge in [0.2, 0.25) is 0 Å². The monoisotopic (exact) mass is 265 g/mol. The lowest BCUT2D eigenvalue weighted by Crippen LogP contribution is -2.27. The van der Waals surface area contributed by atoms with Gasteiger partial charge in [0, 0.05) is 15.6 Å². The number of hydrogen-bond acceptors (Lipinski definition) is 3. The number of hydrogen-bond donors (Lipinski definition) is 1. The van der Waals surface area contributed by atoms with Gasteiger partial charge in [-0.15, -0.1) is 11.3 Å². The third-order valence-corrected chi connectivity index (χ3v) is 4.26. The predicted molar refractivity (Wildman–Crippen MR) is 72.9 cm³/mol. The van der Waals surface area contributed by atoms with Crippen LogP contribution in [0.15, 0.2) is 10.9 Å². The van der Waals surface area contributed by atoms with Crippen molar-refractivity contribution in [3.05, 3.63) is 32.6 Å². The summed E-state index contributed by atoms with van der Waals surface area (Å²) >= 11 is 1.47. The van der Waals surface area contributed by atoms with Crippen LogP contribution in [0.3, 0.4) is 0 Å². The van der Waals surface area contributed by atoms with E-state index in [-0.39, 0.29) is 17.3 Å². The Morgan fingerprint density at radius 1 is 1.39 bits per heavy atom. The zero-order valence-electron chi connectivity index (χ0n) is 10.8. The van der Waals surface area contributed by atoms with Crippen molar-refractivity contribution in [2.45, 2.75) is 33.7 Å². The lowest BCUT2D eigenvalue weighted by atomic mass is 10.1. The predicted octanol–water partition coefficient (Wildman–Crippen LogP) is 2.96. The van der Waals surface area contributed by atoms with Gasteiger partial charge in [-0.25, -0.2) is 4.79 Å². The van der Waals surface area contributed by atoms with Crippen molar-refractivity contribution in [3.8, 4) is 0 Å². The normalized spacial score (nSPS) is 11.4. The van der Waals surface area contributed by atoms with Crippen LogP contribution < -0.4 is 5.56 Å². The maximum Gasteiger partial charge on any atom is 0.352 e. The fourth-order valence-corrected chi connectivity index (χ4v) is 3.22. The zero-order chi connectivity index (χ0) is 13.6. The third kappa shape index (κ3) is 1.75. The van der Waals surface area contributed by atoms with Crippen LogP contribution in [-0.4, -0.2) is 15.6 Å². The Kier molecular flexibility index (Phi) is 3.02. The molecule has 1 N–H and O–H groups in total. The molecule has 2 aromatic heterocycles. The van der Waals surface area contributed by atoms with E-state index in [2.05, 4.69) is 0 Å². The highest BCUT2D eigenvalue weighted by Gasteiger charge is 2.19. The van der Waals surface area contributed by atoms with E-state index in [4.69, 9.17) is 0 Å². The fraction of sp³-hybridized carbons (Fsp3) is 0.385. The van der Waals surface area contributed by atoms with Crippen molar-refractivity contribution in [2.24, 2.45) is 0 Å².